The Bertz CT molecular complexity index is 871. The quantitative estimate of drug-likeness (QED) is 0.418. The number of anilines is 1. The smallest absolute Gasteiger partial charge is 0.257 e. The van der Waals surface area contributed by atoms with E-state index >= 15 is 0 Å². The average molecular weight is 430 g/mol. The molecule has 2 aromatic carbocycles. The van der Waals surface area contributed by atoms with E-state index < -0.39 is 0 Å². The van der Waals surface area contributed by atoms with Crippen molar-refractivity contribution in [3.8, 4) is 5.75 Å². The lowest BCUT2D eigenvalue weighted by Crippen LogP contribution is -2.35. The van der Waals surface area contributed by atoms with Gasteiger partial charge in [0.2, 0.25) is 0 Å². The number of nitrogens with one attached hydrogen (secondary N) is 3. The summed E-state index contributed by atoms with van der Waals surface area (Å²) in [6.45, 7) is 4.83. The van der Waals surface area contributed by atoms with E-state index in [0.717, 1.165) is 6.42 Å². The largest absolute Gasteiger partial charge is 0.491 e. The molecule has 7 nitrogen and oxygen atoms in total. The molecule has 0 aromatic heterocycles. The number of benzene rings is 2. The van der Waals surface area contributed by atoms with Crippen molar-refractivity contribution in [2.45, 2.75) is 26.4 Å². The van der Waals surface area contributed by atoms with Crippen LogP contribution in [0.5, 0.6) is 5.75 Å². The van der Waals surface area contributed by atoms with Crippen LogP contribution in [0.4, 0.5) is 5.69 Å². The summed E-state index contributed by atoms with van der Waals surface area (Å²) in [4.78, 5) is 24.8. The molecule has 0 aliphatic rings. The van der Waals surface area contributed by atoms with Gasteiger partial charge in [-0.15, -0.1) is 0 Å². The number of carbonyl (C=O) groups excluding carboxylic acids is 2. The lowest BCUT2D eigenvalue weighted by atomic mass is 10.1. The summed E-state index contributed by atoms with van der Waals surface area (Å²) in [5, 5.41) is 8.38. The van der Waals surface area contributed by atoms with Crippen LogP contribution < -0.4 is 20.7 Å². The molecule has 0 saturated heterocycles. The zero-order chi connectivity index (χ0) is 21.9. The van der Waals surface area contributed by atoms with Crippen molar-refractivity contribution in [1.29, 1.82) is 0 Å². The molecule has 30 heavy (non-hydrogen) atoms. The minimum atomic E-state index is -0.357. The fourth-order valence-corrected chi connectivity index (χ4v) is 2.68. The molecular weight excluding hydrogens is 402 g/mol. The van der Waals surface area contributed by atoms with Crippen LogP contribution in [0.1, 0.15) is 41.0 Å². The SMILES string of the molecule is CCC(C)Oc1ccc(C(=O)NC(=S)Nc2ccccc2C(=O)NCCOC)cc1. The fourth-order valence-electron chi connectivity index (χ4n) is 2.48. The van der Waals surface area contributed by atoms with E-state index in [1.807, 2.05) is 13.8 Å². The molecule has 1 atom stereocenters. The van der Waals surface area contributed by atoms with Crippen LogP contribution in [-0.4, -0.2) is 43.3 Å². The van der Waals surface area contributed by atoms with Crippen LogP contribution in [-0.2, 0) is 4.74 Å². The van der Waals surface area contributed by atoms with Gasteiger partial charge in [-0.25, -0.2) is 0 Å². The molecule has 2 aromatic rings. The second kappa shape index (κ2) is 11.9. The zero-order valence-electron chi connectivity index (χ0n) is 17.4. The highest BCUT2D eigenvalue weighted by molar-refractivity contribution is 7.80. The van der Waals surface area contributed by atoms with Crippen LogP contribution in [0.15, 0.2) is 48.5 Å². The molecule has 8 heteroatoms. The van der Waals surface area contributed by atoms with E-state index in [-0.39, 0.29) is 23.0 Å². The molecule has 0 heterocycles. The van der Waals surface area contributed by atoms with Gasteiger partial charge in [-0.3, -0.25) is 14.9 Å². The van der Waals surface area contributed by atoms with Gasteiger partial charge in [0.15, 0.2) is 5.11 Å². The van der Waals surface area contributed by atoms with Crippen LogP contribution in [0.25, 0.3) is 0 Å². The van der Waals surface area contributed by atoms with Gasteiger partial charge >= 0.3 is 0 Å². The van der Waals surface area contributed by atoms with E-state index in [1.54, 1.807) is 55.6 Å². The molecular formula is C22H27N3O4S. The Labute approximate surface area is 182 Å². The van der Waals surface area contributed by atoms with Crippen LogP contribution in [0.3, 0.4) is 0 Å². The fraction of sp³-hybridized carbons (Fsp3) is 0.318. The summed E-state index contributed by atoms with van der Waals surface area (Å²) < 4.78 is 10.6. The molecule has 0 aliphatic carbocycles. The van der Waals surface area contributed by atoms with E-state index in [1.165, 1.54) is 0 Å². The Hall–Kier alpha value is -2.97. The van der Waals surface area contributed by atoms with Gasteiger partial charge in [0, 0.05) is 19.2 Å². The van der Waals surface area contributed by atoms with Gasteiger partial charge in [-0.1, -0.05) is 19.1 Å². The molecule has 0 spiro atoms. The summed E-state index contributed by atoms with van der Waals surface area (Å²) in [5.74, 6) is 0.0841. The topological polar surface area (TPSA) is 88.7 Å². The number of ether oxygens (including phenoxy) is 2. The molecule has 0 fully saturated rings. The van der Waals surface area contributed by atoms with Crippen molar-refractivity contribution in [1.82, 2.24) is 10.6 Å². The first-order valence-electron chi connectivity index (χ1n) is 9.69. The van der Waals surface area contributed by atoms with Crippen LogP contribution in [0.2, 0.25) is 0 Å². The number of thiocarbonyl (C=S) groups is 1. The summed E-state index contributed by atoms with van der Waals surface area (Å²) >= 11 is 5.24. The molecule has 0 bridgehead atoms. The van der Waals surface area contributed by atoms with Crippen molar-refractivity contribution in [2.24, 2.45) is 0 Å². The predicted octanol–water partition coefficient (Wildman–Crippen LogP) is 3.37. The van der Waals surface area contributed by atoms with Crippen molar-refractivity contribution in [3.05, 3.63) is 59.7 Å². The second-order valence-electron chi connectivity index (χ2n) is 6.56. The third-order valence-electron chi connectivity index (χ3n) is 4.27. The number of methoxy groups -OCH3 is 1. The van der Waals surface area contributed by atoms with Gasteiger partial charge < -0.3 is 20.1 Å². The van der Waals surface area contributed by atoms with Gasteiger partial charge in [0.05, 0.1) is 24.0 Å². The standard InChI is InChI=1S/C22H27N3O4S/c1-4-15(2)29-17-11-9-16(10-12-17)20(26)25-22(30)24-19-8-6-5-7-18(19)21(27)23-13-14-28-3/h5-12,15H,4,13-14H2,1-3H3,(H,23,27)(H2,24,25,26,30). The molecule has 0 saturated carbocycles. The van der Waals surface area contributed by atoms with Crippen molar-refractivity contribution in [2.75, 3.05) is 25.6 Å². The molecule has 0 aliphatic heterocycles. The lowest BCUT2D eigenvalue weighted by molar-refractivity contribution is 0.0936. The average Bonchev–Trinajstić information content (AvgIpc) is 2.74. The summed E-state index contributed by atoms with van der Waals surface area (Å²) in [6, 6.07) is 13.7. The Kier molecular flexibility index (Phi) is 9.24. The summed E-state index contributed by atoms with van der Waals surface area (Å²) in [5.41, 5.74) is 1.35. The third kappa shape index (κ3) is 7.13. The minimum absolute atomic E-state index is 0.0945. The highest BCUT2D eigenvalue weighted by Gasteiger charge is 2.13. The maximum atomic E-state index is 12.5. The zero-order valence-corrected chi connectivity index (χ0v) is 18.2. The first-order valence-corrected chi connectivity index (χ1v) is 10.1. The molecule has 0 radical (unpaired) electrons. The molecule has 2 rings (SSSR count). The lowest BCUT2D eigenvalue weighted by Gasteiger charge is -2.14. The van der Waals surface area contributed by atoms with E-state index in [9.17, 15) is 9.59 Å². The monoisotopic (exact) mass is 429 g/mol. The molecule has 1 unspecified atom stereocenters. The first kappa shape index (κ1) is 23.3. The highest BCUT2D eigenvalue weighted by atomic mass is 32.1. The molecule has 160 valence electrons. The van der Waals surface area contributed by atoms with Crippen molar-refractivity contribution >= 4 is 34.8 Å². The van der Waals surface area contributed by atoms with E-state index in [2.05, 4.69) is 16.0 Å². The predicted molar refractivity (Wildman–Crippen MR) is 121 cm³/mol. The molecule has 2 amide bonds. The number of hydrogen-bond donors (Lipinski definition) is 3. The van der Waals surface area contributed by atoms with Crippen molar-refractivity contribution in [3.63, 3.8) is 0 Å². The Balaban J connectivity index is 1.97. The molecule has 3 N–H and O–H groups in total. The normalized spacial score (nSPS) is 11.3. The van der Waals surface area contributed by atoms with Crippen LogP contribution >= 0.6 is 12.2 Å². The Morgan fingerprint density at radius 3 is 2.43 bits per heavy atom. The maximum absolute atomic E-state index is 12.5. The summed E-state index contributed by atoms with van der Waals surface area (Å²) in [6.07, 6.45) is 1.00. The number of amides is 2. The Morgan fingerprint density at radius 2 is 1.77 bits per heavy atom. The minimum Gasteiger partial charge on any atom is -0.491 e. The van der Waals surface area contributed by atoms with E-state index in [0.29, 0.717) is 35.7 Å². The number of hydrogen-bond acceptors (Lipinski definition) is 5. The first-order chi connectivity index (χ1) is 14.4. The number of para-hydroxylation sites is 1. The van der Waals surface area contributed by atoms with Crippen LogP contribution in [0, 0.1) is 0 Å². The van der Waals surface area contributed by atoms with Gasteiger partial charge in [0.1, 0.15) is 5.75 Å². The number of rotatable bonds is 9. The Morgan fingerprint density at radius 1 is 1.07 bits per heavy atom. The second-order valence-corrected chi connectivity index (χ2v) is 6.97. The summed E-state index contributed by atoms with van der Waals surface area (Å²) in [7, 11) is 1.56. The van der Waals surface area contributed by atoms with Gasteiger partial charge in [-0.2, -0.15) is 0 Å². The van der Waals surface area contributed by atoms with E-state index in [4.69, 9.17) is 21.7 Å². The van der Waals surface area contributed by atoms with Crippen molar-refractivity contribution < 1.29 is 19.1 Å². The number of carbonyl (C=O) groups is 2. The van der Waals surface area contributed by atoms with Gasteiger partial charge in [0.25, 0.3) is 11.8 Å². The maximum Gasteiger partial charge on any atom is 0.257 e. The van der Waals surface area contributed by atoms with Gasteiger partial charge in [-0.05, 0) is 62.0 Å². The highest BCUT2D eigenvalue weighted by Crippen LogP contribution is 2.16. The third-order valence-corrected chi connectivity index (χ3v) is 4.47.